The number of amides is 1. The first-order valence-electron chi connectivity index (χ1n) is 13.2. The number of fused-ring (bicyclic) bond motifs is 1. The minimum Gasteiger partial charge on any atom is -0.507 e. The van der Waals surface area contributed by atoms with Gasteiger partial charge in [0.25, 0.3) is 11.7 Å². The maximum absolute atomic E-state index is 13.6. The number of likely N-dealkylation sites (tertiary alicyclic amines) is 1. The molecule has 6 heteroatoms. The van der Waals surface area contributed by atoms with Crippen LogP contribution in [0.3, 0.4) is 0 Å². The fourth-order valence-corrected chi connectivity index (χ4v) is 5.05. The number of carbonyl (C=O) groups excluding carboxylic acids is 2. The van der Waals surface area contributed by atoms with Crippen LogP contribution in [0.5, 0.6) is 5.75 Å². The molecule has 1 unspecified atom stereocenters. The Morgan fingerprint density at radius 2 is 1.62 bits per heavy atom. The summed E-state index contributed by atoms with van der Waals surface area (Å²) in [5, 5.41) is 13.3. The third kappa shape index (κ3) is 5.41. The summed E-state index contributed by atoms with van der Waals surface area (Å²) in [4.78, 5) is 28.3. The third-order valence-corrected chi connectivity index (χ3v) is 7.07. The molecule has 1 fully saturated rings. The summed E-state index contributed by atoms with van der Waals surface area (Å²) < 4.78 is 19.3. The molecule has 4 aromatic carbocycles. The topological polar surface area (TPSA) is 66.8 Å². The van der Waals surface area contributed by atoms with E-state index in [0.717, 1.165) is 35.6 Å². The molecular weight excluding hydrogens is 493 g/mol. The number of benzene rings is 4. The maximum atomic E-state index is 13.6. The number of hydrogen-bond donors (Lipinski definition) is 1. The van der Waals surface area contributed by atoms with Crippen LogP contribution in [0.2, 0.25) is 0 Å². The highest BCUT2D eigenvalue weighted by atomic mass is 19.1. The SMILES string of the molecule is CCCCCOc1ccc(/C(O)=C2/C(=O)C(=O)N(Cc3ccc(F)cc3)C2c2cccc3ccccc23)cc1. The van der Waals surface area contributed by atoms with Crippen LogP contribution >= 0.6 is 0 Å². The largest absolute Gasteiger partial charge is 0.507 e. The van der Waals surface area contributed by atoms with Gasteiger partial charge in [-0.05, 0) is 64.7 Å². The number of rotatable bonds is 9. The van der Waals surface area contributed by atoms with Crippen molar-refractivity contribution >= 4 is 28.2 Å². The Balaban J connectivity index is 1.58. The minimum absolute atomic E-state index is 0.0232. The van der Waals surface area contributed by atoms with E-state index in [2.05, 4.69) is 6.92 Å². The molecule has 1 N–H and O–H groups in total. The lowest BCUT2D eigenvalue weighted by Crippen LogP contribution is -2.29. The zero-order chi connectivity index (χ0) is 27.4. The van der Waals surface area contributed by atoms with Gasteiger partial charge in [0.05, 0.1) is 18.2 Å². The number of Topliss-reactive ketones (excluding diaryl/α,β-unsaturated/α-hetero) is 1. The van der Waals surface area contributed by atoms with Crippen LogP contribution in [0.15, 0.2) is 96.6 Å². The summed E-state index contributed by atoms with van der Waals surface area (Å²) in [7, 11) is 0. The van der Waals surface area contributed by atoms with Gasteiger partial charge in [-0.2, -0.15) is 0 Å². The third-order valence-electron chi connectivity index (χ3n) is 7.07. The Hall–Kier alpha value is -4.45. The molecule has 1 aliphatic rings. The molecule has 198 valence electrons. The summed E-state index contributed by atoms with van der Waals surface area (Å²) in [5.74, 6) is -1.43. The second-order valence-electron chi connectivity index (χ2n) is 9.70. The average Bonchev–Trinajstić information content (AvgIpc) is 3.21. The summed E-state index contributed by atoms with van der Waals surface area (Å²) in [6.07, 6.45) is 3.15. The lowest BCUT2D eigenvalue weighted by atomic mass is 9.91. The molecule has 0 bridgehead atoms. The normalized spacial score (nSPS) is 16.7. The van der Waals surface area contributed by atoms with Crippen molar-refractivity contribution in [1.29, 1.82) is 0 Å². The molecule has 1 amide bonds. The van der Waals surface area contributed by atoms with E-state index >= 15 is 0 Å². The molecule has 0 saturated carbocycles. The maximum Gasteiger partial charge on any atom is 0.295 e. The molecule has 1 heterocycles. The predicted octanol–water partition coefficient (Wildman–Crippen LogP) is 7.17. The highest BCUT2D eigenvalue weighted by molar-refractivity contribution is 6.46. The van der Waals surface area contributed by atoms with Crippen LogP contribution < -0.4 is 4.74 Å². The molecular formula is C33H30FNO4. The molecule has 0 spiro atoms. The fourth-order valence-electron chi connectivity index (χ4n) is 5.05. The van der Waals surface area contributed by atoms with Gasteiger partial charge in [0, 0.05) is 12.1 Å². The molecule has 1 atom stereocenters. The van der Waals surface area contributed by atoms with E-state index in [0.29, 0.717) is 23.5 Å². The first kappa shape index (κ1) is 26.2. The summed E-state index contributed by atoms with van der Waals surface area (Å²) in [6, 6.07) is 25.3. The van der Waals surface area contributed by atoms with Crippen molar-refractivity contribution < 1.29 is 23.8 Å². The molecule has 0 radical (unpaired) electrons. The van der Waals surface area contributed by atoms with Crippen LogP contribution in [0.4, 0.5) is 4.39 Å². The summed E-state index contributed by atoms with van der Waals surface area (Å²) in [6.45, 7) is 2.82. The number of halogens is 1. The van der Waals surface area contributed by atoms with Crippen molar-refractivity contribution in [1.82, 2.24) is 4.90 Å². The Bertz CT molecular complexity index is 1520. The number of aliphatic hydroxyl groups excluding tert-OH is 1. The number of hydrogen-bond acceptors (Lipinski definition) is 4. The first-order chi connectivity index (χ1) is 19.0. The van der Waals surface area contributed by atoms with Crippen LogP contribution in [0, 0.1) is 5.82 Å². The Kier molecular flexibility index (Phi) is 7.73. The second-order valence-corrected chi connectivity index (χ2v) is 9.70. The van der Waals surface area contributed by atoms with Gasteiger partial charge in [-0.15, -0.1) is 0 Å². The van der Waals surface area contributed by atoms with Crippen molar-refractivity contribution in [3.05, 3.63) is 119 Å². The van der Waals surface area contributed by atoms with Gasteiger partial charge < -0.3 is 14.7 Å². The standard InChI is InChI=1S/C33H30FNO4/c1-2-3-6-20-39-26-18-14-24(15-19-26)31(36)29-30(28-11-7-9-23-8-4-5-10-27(23)28)35(33(38)32(29)37)21-22-12-16-25(34)17-13-22/h4-5,7-19,30,36H,2-3,6,20-21H2,1H3/b31-29-. The quantitative estimate of drug-likeness (QED) is 0.109. The number of nitrogens with zero attached hydrogens (tertiary/aromatic N) is 1. The zero-order valence-corrected chi connectivity index (χ0v) is 21.8. The van der Waals surface area contributed by atoms with E-state index in [9.17, 15) is 19.1 Å². The van der Waals surface area contributed by atoms with Gasteiger partial charge in [-0.25, -0.2) is 4.39 Å². The number of ketones is 1. The van der Waals surface area contributed by atoms with Crippen LogP contribution in [0.25, 0.3) is 16.5 Å². The highest BCUT2D eigenvalue weighted by Crippen LogP contribution is 2.42. The molecule has 39 heavy (non-hydrogen) atoms. The monoisotopic (exact) mass is 523 g/mol. The highest BCUT2D eigenvalue weighted by Gasteiger charge is 2.46. The van der Waals surface area contributed by atoms with Crippen LogP contribution in [-0.4, -0.2) is 28.3 Å². The Labute approximate surface area is 227 Å². The Morgan fingerprint density at radius 3 is 2.36 bits per heavy atom. The van der Waals surface area contributed by atoms with Crippen LogP contribution in [-0.2, 0) is 16.1 Å². The van der Waals surface area contributed by atoms with E-state index in [1.165, 1.54) is 17.0 Å². The molecule has 0 aliphatic carbocycles. The van der Waals surface area contributed by atoms with Gasteiger partial charge in [0.1, 0.15) is 17.3 Å². The van der Waals surface area contributed by atoms with Crippen molar-refractivity contribution in [3.8, 4) is 5.75 Å². The van der Waals surface area contributed by atoms with Crippen molar-refractivity contribution in [2.24, 2.45) is 0 Å². The number of unbranched alkanes of at least 4 members (excludes halogenated alkanes) is 2. The van der Waals surface area contributed by atoms with E-state index in [1.54, 1.807) is 36.4 Å². The average molecular weight is 524 g/mol. The molecule has 1 aliphatic heterocycles. The molecule has 5 rings (SSSR count). The van der Waals surface area contributed by atoms with Crippen LogP contribution in [0.1, 0.15) is 48.9 Å². The molecule has 5 nitrogen and oxygen atoms in total. The van der Waals surface area contributed by atoms with Crippen molar-refractivity contribution in [3.63, 3.8) is 0 Å². The van der Waals surface area contributed by atoms with E-state index in [-0.39, 0.29) is 23.7 Å². The van der Waals surface area contributed by atoms with E-state index in [4.69, 9.17) is 4.74 Å². The van der Waals surface area contributed by atoms with Crippen molar-refractivity contribution in [2.45, 2.75) is 38.8 Å². The second kappa shape index (κ2) is 11.5. The fraction of sp³-hybridized carbons (Fsp3) is 0.212. The zero-order valence-electron chi connectivity index (χ0n) is 21.8. The van der Waals surface area contributed by atoms with Gasteiger partial charge in [-0.1, -0.05) is 74.4 Å². The van der Waals surface area contributed by atoms with Gasteiger partial charge >= 0.3 is 0 Å². The lowest BCUT2D eigenvalue weighted by Gasteiger charge is -2.26. The van der Waals surface area contributed by atoms with Gasteiger partial charge in [0.2, 0.25) is 0 Å². The summed E-state index contributed by atoms with van der Waals surface area (Å²) in [5.41, 5.74) is 1.84. The van der Waals surface area contributed by atoms with Gasteiger partial charge in [-0.3, -0.25) is 9.59 Å². The smallest absolute Gasteiger partial charge is 0.295 e. The Morgan fingerprint density at radius 1 is 0.897 bits per heavy atom. The summed E-state index contributed by atoms with van der Waals surface area (Å²) >= 11 is 0. The van der Waals surface area contributed by atoms with Gasteiger partial charge in [0.15, 0.2) is 0 Å². The van der Waals surface area contributed by atoms with E-state index < -0.39 is 17.7 Å². The predicted molar refractivity (Wildman–Crippen MR) is 150 cm³/mol. The van der Waals surface area contributed by atoms with Crippen molar-refractivity contribution in [2.75, 3.05) is 6.61 Å². The minimum atomic E-state index is -0.828. The number of aliphatic hydroxyl groups is 1. The van der Waals surface area contributed by atoms with E-state index in [1.807, 2.05) is 42.5 Å². The molecule has 1 saturated heterocycles. The molecule has 0 aromatic heterocycles. The first-order valence-corrected chi connectivity index (χ1v) is 13.2. The molecule has 4 aromatic rings. The number of ether oxygens (including phenoxy) is 1. The number of carbonyl (C=O) groups is 2. The lowest BCUT2D eigenvalue weighted by molar-refractivity contribution is -0.140.